The van der Waals surface area contributed by atoms with Gasteiger partial charge in [-0.05, 0) is 93.0 Å². The Morgan fingerprint density at radius 2 is 1.04 bits per heavy atom. The molecule has 9 aliphatic rings. The van der Waals surface area contributed by atoms with Gasteiger partial charge in [-0.1, -0.05) is 13.8 Å². The number of ketones is 4. The van der Waals surface area contributed by atoms with Crippen molar-refractivity contribution in [3.8, 4) is 34.5 Å². The molecule has 30 heteroatoms. The smallest absolute Gasteiger partial charge is 0.196 e. The fourth-order valence-electron chi connectivity index (χ4n) is 17.8. The molecule has 1 saturated carbocycles. The molecule has 2 unspecified atom stereocenters. The van der Waals surface area contributed by atoms with Gasteiger partial charge in [-0.25, -0.2) is 5.53 Å². The zero-order valence-electron chi connectivity index (χ0n) is 56.4. The Labute approximate surface area is 563 Å². The lowest BCUT2D eigenvalue weighted by atomic mass is 9.52. The Bertz CT molecular complexity index is 3820. The van der Waals surface area contributed by atoms with Crippen molar-refractivity contribution in [2.45, 2.75) is 208 Å². The van der Waals surface area contributed by atoms with Crippen LogP contribution in [0.2, 0.25) is 0 Å². The lowest BCUT2D eigenvalue weighted by Gasteiger charge is -2.60. The minimum Gasteiger partial charge on any atom is -0.507 e. The number of carbonyl (C=O) groups is 4. The van der Waals surface area contributed by atoms with Crippen LogP contribution in [-0.4, -0.2) is 248 Å². The standard InChI is InChI=1S/C68H88N6O24/c1-13-67(97-37-21-33(89-11)57(81)25(5)93-37)51(63(87)45-43-47(61(85)41-29(77)17-15-27(75)39(41)59(43)83)53(71-69)49(45)65(67)95-35-19-31(79)55(73(7)8)23(3)91-35)52-64(88)46-44-48(62(86)42-30(78)18-16-28(76)40(42)60(44)84)54(72-70)50(46)66(96-36-20-32(80)56(74(9)10)24(4)92-36)68(52,14-2)98-38-22-34(90-12)58(82)26(6)94-38/h15-18,23-26,31-38,43,46,51-52,55-58,65-66,70-71,75-82,84,86H,13-14,19-22,69H2,1-12H3/t23-,24-,25-,26-,31-,32-,33-,34-,35+,36+,37-,38-,43?,46?,51-,52-,55-,56-,57-,58-,65+,66+,67-,68-/m0/s1. The van der Waals surface area contributed by atoms with E-state index in [-0.39, 0.29) is 42.5 Å². The number of hydrogen-bond acceptors (Lipinski definition) is 30. The van der Waals surface area contributed by atoms with Crippen LogP contribution in [0.4, 0.5) is 0 Å². The van der Waals surface area contributed by atoms with E-state index in [1.165, 1.54) is 28.1 Å². The molecule has 0 spiro atoms. The molecule has 5 aliphatic carbocycles. The number of likely N-dealkylation sites (N-methyl/N-ethyl adjacent to an activating group) is 2. The number of fused-ring (bicyclic) bond motifs is 7. The summed E-state index contributed by atoms with van der Waals surface area (Å²) in [7, 11) is 9.65. The minimum absolute atomic E-state index is 0.296. The van der Waals surface area contributed by atoms with E-state index in [9.17, 15) is 51.1 Å². The highest BCUT2D eigenvalue weighted by atomic mass is 16.7. The number of ether oxygens (including phenoxy) is 10. The van der Waals surface area contributed by atoms with Crippen molar-refractivity contribution in [1.82, 2.24) is 15.2 Å². The molecule has 3 aromatic carbocycles. The molecule has 30 nitrogen and oxygen atoms in total. The number of nitrogens with one attached hydrogen (secondary N) is 2. The molecule has 12 rings (SSSR count). The predicted molar refractivity (Wildman–Crippen MR) is 340 cm³/mol. The number of benzene rings is 3. The first kappa shape index (κ1) is 71.2. The maximum Gasteiger partial charge on any atom is 0.196 e. The monoisotopic (exact) mass is 1370 g/mol. The predicted octanol–water partition coefficient (Wildman–Crippen LogP) is 3.01. The van der Waals surface area contributed by atoms with Gasteiger partial charge in [-0.2, -0.15) is 5.11 Å². The van der Waals surface area contributed by atoms with Crippen LogP contribution in [-0.2, 0) is 57.0 Å². The first-order chi connectivity index (χ1) is 46.4. The summed E-state index contributed by atoms with van der Waals surface area (Å²) in [5.74, 6) is -11.0. The summed E-state index contributed by atoms with van der Waals surface area (Å²) >= 11 is 0. The van der Waals surface area contributed by atoms with Gasteiger partial charge < -0.3 is 114 Å². The normalized spacial score (nSPS) is 38.8. The highest BCUT2D eigenvalue weighted by molar-refractivity contribution is 6.30. The number of phenolic OH excluding ortho intramolecular Hbond substituents is 6. The van der Waals surface area contributed by atoms with Gasteiger partial charge in [0.05, 0.1) is 123 Å². The average molecular weight is 1370 g/mol. The number of aliphatic hydroxyl groups excluding tert-OH is 4. The van der Waals surface area contributed by atoms with Crippen molar-refractivity contribution in [2.75, 3.05) is 42.4 Å². The number of allylic oxidation sites excluding steroid dienone is 2. The number of nitrogens with two attached hydrogens (primary N) is 1. The van der Waals surface area contributed by atoms with Gasteiger partial charge in [-0.15, -0.1) is 0 Å². The van der Waals surface area contributed by atoms with E-state index in [1.807, 2.05) is 0 Å². The van der Waals surface area contributed by atoms with Crippen LogP contribution in [0.1, 0.15) is 118 Å². The third kappa shape index (κ3) is 10.7. The van der Waals surface area contributed by atoms with Crippen molar-refractivity contribution in [3.05, 3.63) is 74.5 Å². The first-order valence-corrected chi connectivity index (χ1v) is 33.0. The van der Waals surface area contributed by atoms with Crippen LogP contribution < -0.4 is 11.3 Å². The Morgan fingerprint density at radius 1 is 0.582 bits per heavy atom. The maximum absolute atomic E-state index is 18.0. The quantitative estimate of drug-likeness (QED) is 0.0400. The van der Waals surface area contributed by atoms with E-state index in [0.717, 1.165) is 24.3 Å². The lowest BCUT2D eigenvalue weighted by molar-refractivity contribution is -0.347. The van der Waals surface area contributed by atoms with Gasteiger partial charge in [0.2, 0.25) is 0 Å². The van der Waals surface area contributed by atoms with E-state index in [4.69, 9.17) is 58.7 Å². The number of hydrogen-bond donors (Lipinski definition) is 13. The van der Waals surface area contributed by atoms with Gasteiger partial charge in [0.1, 0.15) is 70.1 Å². The summed E-state index contributed by atoms with van der Waals surface area (Å²) in [5, 5.41) is 122. The summed E-state index contributed by atoms with van der Waals surface area (Å²) in [4.78, 5) is 70.9. The molecule has 0 aromatic heterocycles. The first-order valence-electron chi connectivity index (χ1n) is 33.0. The largest absolute Gasteiger partial charge is 0.507 e. The number of methoxy groups -OCH3 is 2. The molecular formula is C68H88N6O24. The Balaban J connectivity index is 1.21. The van der Waals surface area contributed by atoms with Gasteiger partial charge in [0.15, 0.2) is 48.3 Å². The van der Waals surface area contributed by atoms with Crippen LogP contribution in [0.3, 0.4) is 0 Å². The summed E-state index contributed by atoms with van der Waals surface area (Å²) < 4.78 is 68.2. The molecule has 14 N–H and O–H groups in total. The zero-order valence-corrected chi connectivity index (χ0v) is 56.4. The van der Waals surface area contributed by atoms with Gasteiger partial charge in [-0.3, -0.25) is 25.0 Å². The number of rotatable bonds is 17. The number of carbonyl (C=O) groups excluding carboxylic acids is 4. The number of aliphatic hydroxyl groups is 4. The SMILES string of the molecule is CC[C@@]1(O[C@H]2C[C@H](OC)[C@@H](O)[C@H](C)O2)[C@H](O[C@@H]2C[C@H](O)[C@@H](N(C)C)[C@H](C)O2)C2=C(C(=O)[C@@H]1[C@H]1C(=O)C3C(=C(N=N)c4c3c(O)c3c(O)ccc(O)c3c4O)[C@@H](O[C@@H]3C[C@H](O)[C@@H](N(C)C)[C@H](C)O3)[C@@]1(CC)O[C@H]1C[C@H](OC)[C@@H](O)[C@H](C)O1)C1C(=O)c3c(O)ccc(O)c3C(=O)C1=C2NN. The van der Waals surface area contributed by atoms with Crippen molar-refractivity contribution in [1.29, 1.82) is 5.53 Å². The van der Waals surface area contributed by atoms with Crippen molar-refractivity contribution in [3.63, 3.8) is 0 Å². The van der Waals surface area contributed by atoms with Crippen LogP contribution in [0, 0.1) is 23.3 Å². The second-order valence-electron chi connectivity index (χ2n) is 27.6. The third-order valence-electron chi connectivity index (χ3n) is 22.1. The molecular weight excluding hydrogens is 1280 g/mol. The van der Waals surface area contributed by atoms with Crippen LogP contribution in [0.5, 0.6) is 34.5 Å². The number of aromatic hydroxyl groups is 6. The van der Waals surface area contributed by atoms with Crippen LogP contribution in [0.25, 0.3) is 16.5 Å². The number of nitrogens with zero attached hydrogens (tertiary/aromatic N) is 3. The molecule has 0 bridgehead atoms. The van der Waals surface area contributed by atoms with E-state index < -0.39 is 266 Å². The Kier molecular flexibility index (Phi) is 19.2. The fourth-order valence-corrected chi connectivity index (χ4v) is 17.8. The van der Waals surface area contributed by atoms with Crippen molar-refractivity contribution in [2.24, 2.45) is 28.7 Å². The number of phenols is 6. The highest BCUT2D eigenvalue weighted by Gasteiger charge is 2.74. The molecule has 534 valence electrons. The molecule has 4 saturated heterocycles. The van der Waals surface area contributed by atoms with Gasteiger partial charge in [0.25, 0.3) is 0 Å². The number of Topliss-reactive ketones (excluding diaryl/α,β-unsaturated/α-hetero) is 4. The van der Waals surface area contributed by atoms with Crippen LogP contribution >= 0.6 is 0 Å². The molecule has 98 heavy (non-hydrogen) atoms. The molecule has 5 fully saturated rings. The summed E-state index contributed by atoms with van der Waals surface area (Å²) in [6.07, 6.45) is -23.2. The minimum atomic E-state index is -2.56. The number of hydrazine groups is 1. The lowest BCUT2D eigenvalue weighted by Crippen LogP contribution is -2.72. The third-order valence-corrected chi connectivity index (χ3v) is 22.1. The topological polar surface area (TPSA) is 444 Å². The Morgan fingerprint density at radius 3 is 1.50 bits per heavy atom. The van der Waals surface area contributed by atoms with E-state index in [0.29, 0.717) is 0 Å². The second kappa shape index (κ2) is 26.4. The molecule has 24 atom stereocenters. The molecule has 0 amide bonds. The maximum atomic E-state index is 18.0. The average Bonchev–Trinajstić information content (AvgIpc) is 1.41. The van der Waals surface area contributed by atoms with Crippen LogP contribution in [0.15, 0.2) is 57.4 Å². The Hall–Kier alpha value is -6.66. The zero-order chi connectivity index (χ0) is 71.1. The van der Waals surface area contributed by atoms with E-state index in [2.05, 4.69) is 10.5 Å². The highest BCUT2D eigenvalue weighted by Crippen LogP contribution is 2.67. The second-order valence-corrected chi connectivity index (χ2v) is 27.6. The molecule has 4 heterocycles. The molecule has 4 aliphatic heterocycles. The fraction of sp³-hybridized carbons (Fsp3) is 0.618. The van der Waals surface area contributed by atoms with Gasteiger partial charge >= 0.3 is 0 Å². The summed E-state index contributed by atoms with van der Waals surface area (Å²) in [5.41, 5.74) is 1.66. The van der Waals surface area contributed by atoms with Crippen molar-refractivity contribution >= 4 is 39.6 Å². The van der Waals surface area contributed by atoms with Crippen molar-refractivity contribution < 1.29 is 118 Å². The van der Waals surface area contributed by atoms with Gasteiger partial charge in [0, 0.05) is 67.8 Å². The van der Waals surface area contributed by atoms with E-state index >= 15 is 19.2 Å². The molecule has 3 aromatic rings. The summed E-state index contributed by atoms with van der Waals surface area (Å²) in [6.45, 7) is 9.61. The van der Waals surface area contributed by atoms with E-state index in [1.54, 1.807) is 65.7 Å². The molecule has 0 radical (unpaired) electrons. The summed E-state index contributed by atoms with van der Waals surface area (Å²) in [6, 6.07) is 2.78.